The number of benzene rings is 2. The zero-order chi connectivity index (χ0) is 29.4. The molecule has 10 heteroatoms. The van der Waals surface area contributed by atoms with Crippen molar-refractivity contribution >= 4 is 45.0 Å². The smallest absolute Gasteiger partial charge is 0.349 e. The summed E-state index contributed by atoms with van der Waals surface area (Å²) in [5.74, 6) is -2.15. The maximum atomic E-state index is 14.1. The number of fused-ring (bicyclic) bond motifs is 2. The summed E-state index contributed by atoms with van der Waals surface area (Å²) in [5.41, 5.74) is 4.36. The monoisotopic (exact) mass is 574 g/mol. The van der Waals surface area contributed by atoms with Gasteiger partial charge in [-0.3, -0.25) is 0 Å². The van der Waals surface area contributed by atoms with E-state index in [9.17, 15) is 18.4 Å². The van der Waals surface area contributed by atoms with Gasteiger partial charge < -0.3 is 18.5 Å². The molecular weight excluding hydrogens is 546 g/mol. The lowest BCUT2D eigenvalue weighted by molar-refractivity contribution is -0.194. The van der Waals surface area contributed by atoms with Crippen LogP contribution in [0.4, 0.5) is 8.78 Å². The van der Waals surface area contributed by atoms with Gasteiger partial charge >= 0.3 is 11.9 Å². The highest BCUT2D eigenvalue weighted by molar-refractivity contribution is 5.92. The lowest BCUT2D eigenvalue weighted by Gasteiger charge is -2.31. The van der Waals surface area contributed by atoms with Gasteiger partial charge in [-0.1, -0.05) is 12.2 Å². The maximum absolute atomic E-state index is 14.1. The lowest BCUT2D eigenvalue weighted by Crippen LogP contribution is -2.38. The largest absolute Gasteiger partial charge is 0.464 e. The fourth-order valence-electron chi connectivity index (χ4n) is 5.46. The second kappa shape index (κ2) is 11.4. The van der Waals surface area contributed by atoms with Crippen molar-refractivity contribution in [3.8, 4) is 0 Å². The van der Waals surface area contributed by atoms with E-state index in [-0.39, 0.29) is 36.8 Å². The summed E-state index contributed by atoms with van der Waals surface area (Å²) in [6.45, 7) is 4.35. The molecule has 0 radical (unpaired) electrons. The molecule has 0 amide bonds. The number of hydroxylamine groups is 4. The topological polar surface area (TPSA) is 85.4 Å². The third-order valence-electron chi connectivity index (χ3n) is 7.54. The third-order valence-corrected chi connectivity index (χ3v) is 7.54. The number of carbonyl (C=O) groups excluding carboxylic acids is 2. The Labute approximate surface area is 240 Å². The van der Waals surface area contributed by atoms with E-state index < -0.39 is 11.9 Å². The molecule has 8 nitrogen and oxygen atoms in total. The zero-order valence-corrected chi connectivity index (χ0v) is 23.0. The number of rotatable bonds is 6. The predicted molar refractivity (Wildman–Crippen MR) is 151 cm³/mol. The average Bonchev–Trinajstić information content (AvgIpc) is 3.63. The molecule has 4 heterocycles. The van der Waals surface area contributed by atoms with Crippen molar-refractivity contribution in [1.82, 2.24) is 10.1 Å². The molecule has 2 atom stereocenters. The first-order chi connectivity index (χ1) is 20.2. The molecule has 4 aromatic rings. The van der Waals surface area contributed by atoms with Crippen molar-refractivity contribution < 1.29 is 36.9 Å². The Morgan fingerprint density at radius 3 is 1.60 bits per heavy atom. The average molecular weight is 575 g/mol. The summed E-state index contributed by atoms with van der Waals surface area (Å²) < 4.78 is 39.4. The highest BCUT2D eigenvalue weighted by Gasteiger charge is 2.27. The van der Waals surface area contributed by atoms with E-state index >= 15 is 0 Å². The molecule has 6 rings (SSSR count). The summed E-state index contributed by atoms with van der Waals surface area (Å²) in [6.07, 6.45) is 9.81. The fraction of sp³-hybridized carbons (Fsp3) is 0.250. The first kappa shape index (κ1) is 27.6. The van der Waals surface area contributed by atoms with Gasteiger partial charge in [0.25, 0.3) is 0 Å². The molecule has 0 spiro atoms. The van der Waals surface area contributed by atoms with Gasteiger partial charge in [0.15, 0.2) is 0 Å². The van der Waals surface area contributed by atoms with Crippen molar-refractivity contribution in [2.24, 2.45) is 0 Å². The van der Waals surface area contributed by atoms with Gasteiger partial charge in [0.05, 0.1) is 25.6 Å². The van der Waals surface area contributed by atoms with Gasteiger partial charge in [-0.15, -0.1) is 10.1 Å². The second-order valence-corrected chi connectivity index (χ2v) is 10.5. The van der Waals surface area contributed by atoms with Crippen molar-refractivity contribution in [1.29, 1.82) is 0 Å². The summed E-state index contributed by atoms with van der Waals surface area (Å²) in [6, 6.07) is 8.77. The van der Waals surface area contributed by atoms with Crippen LogP contribution in [0.5, 0.6) is 0 Å². The quantitative estimate of drug-likeness (QED) is 0.239. The van der Waals surface area contributed by atoms with Crippen LogP contribution in [0.2, 0.25) is 0 Å². The summed E-state index contributed by atoms with van der Waals surface area (Å²) in [5, 5.41) is 4.37. The van der Waals surface area contributed by atoms with Crippen LogP contribution in [0.3, 0.4) is 0 Å². The SMILES string of the molecule is CC1CC(c2cc(F)cc3ccoc23)=CCN1OC(=O)/C=C/C(=O)ON1CC=C(c2cc(F)cc3ccoc23)CC1C. The summed E-state index contributed by atoms with van der Waals surface area (Å²) in [4.78, 5) is 35.8. The van der Waals surface area contributed by atoms with Crippen molar-refractivity contribution in [2.75, 3.05) is 13.1 Å². The van der Waals surface area contributed by atoms with Crippen LogP contribution >= 0.6 is 0 Å². The number of hydrogen-bond acceptors (Lipinski definition) is 8. The zero-order valence-electron chi connectivity index (χ0n) is 23.0. The Kier molecular flexibility index (Phi) is 7.49. The van der Waals surface area contributed by atoms with Crippen molar-refractivity contribution in [2.45, 2.75) is 38.8 Å². The highest BCUT2D eigenvalue weighted by Crippen LogP contribution is 2.34. The normalized spacial score (nSPS) is 20.2. The Bertz CT molecular complexity index is 1640. The number of carbonyl (C=O) groups is 2. The number of halogens is 2. The molecule has 0 fully saturated rings. The van der Waals surface area contributed by atoms with E-state index in [1.54, 1.807) is 12.1 Å². The van der Waals surface area contributed by atoms with Crippen molar-refractivity contribution in [3.63, 3.8) is 0 Å². The molecule has 0 N–H and O–H groups in total. The standard InChI is InChI=1S/C32H28F2N2O6/c1-19-13-21(27-17-25(33)15-23-7-11-39-31(23)27)5-9-35(19)41-29(37)3-4-30(38)42-36-10-6-22(14-20(36)2)28-18-26(34)16-24-8-12-40-32(24)28/h3-8,11-12,15-20H,9-10,13-14H2,1-2H3/b4-3+. The van der Waals surface area contributed by atoms with Crippen LogP contribution in [0.25, 0.3) is 33.1 Å². The Morgan fingerprint density at radius 2 is 1.19 bits per heavy atom. The number of hydrogen-bond donors (Lipinski definition) is 0. The second-order valence-electron chi connectivity index (χ2n) is 10.5. The van der Waals surface area contributed by atoms with Gasteiger partial charge in [-0.2, -0.15) is 0 Å². The van der Waals surface area contributed by atoms with Gasteiger partial charge in [0.2, 0.25) is 0 Å². The number of nitrogens with zero attached hydrogens (tertiary/aromatic N) is 2. The van der Waals surface area contributed by atoms with E-state index in [4.69, 9.17) is 18.5 Å². The first-order valence-corrected chi connectivity index (χ1v) is 13.6. The Hall–Kier alpha value is -4.54. The Balaban J connectivity index is 1.04. The molecule has 42 heavy (non-hydrogen) atoms. The molecule has 216 valence electrons. The first-order valence-electron chi connectivity index (χ1n) is 13.6. The molecule has 2 aromatic heterocycles. The third kappa shape index (κ3) is 5.63. The van der Waals surface area contributed by atoms with Crippen LogP contribution in [0.1, 0.15) is 37.8 Å². The molecule has 0 saturated carbocycles. The van der Waals surface area contributed by atoms with E-state index in [0.29, 0.717) is 45.9 Å². The molecular formula is C32H28F2N2O6. The van der Waals surface area contributed by atoms with Crippen LogP contribution in [0.15, 0.2) is 82.1 Å². The fourth-order valence-corrected chi connectivity index (χ4v) is 5.46. The van der Waals surface area contributed by atoms with E-state index in [1.165, 1.54) is 46.9 Å². The molecule has 2 aliphatic rings. The summed E-state index contributed by atoms with van der Waals surface area (Å²) in [7, 11) is 0. The van der Waals surface area contributed by atoms with Crippen LogP contribution in [-0.4, -0.2) is 47.2 Å². The molecule has 2 aromatic carbocycles. The predicted octanol–water partition coefficient (Wildman–Crippen LogP) is 6.59. The highest BCUT2D eigenvalue weighted by atomic mass is 19.1. The maximum Gasteiger partial charge on any atom is 0.349 e. The van der Waals surface area contributed by atoms with E-state index in [2.05, 4.69) is 0 Å². The minimum atomic E-state index is -0.725. The molecule has 0 bridgehead atoms. The summed E-state index contributed by atoms with van der Waals surface area (Å²) >= 11 is 0. The molecule has 0 saturated heterocycles. The molecule has 2 unspecified atom stereocenters. The molecule has 2 aliphatic heterocycles. The van der Waals surface area contributed by atoms with Crippen LogP contribution < -0.4 is 0 Å². The lowest BCUT2D eigenvalue weighted by atomic mass is 9.94. The van der Waals surface area contributed by atoms with Gasteiger partial charge in [0, 0.05) is 46.1 Å². The van der Waals surface area contributed by atoms with Gasteiger partial charge in [-0.05, 0) is 74.2 Å². The van der Waals surface area contributed by atoms with Gasteiger partial charge in [-0.25, -0.2) is 18.4 Å². The Morgan fingerprint density at radius 1 is 0.762 bits per heavy atom. The van der Waals surface area contributed by atoms with Gasteiger partial charge in [0.1, 0.15) is 22.8 Å². The minimum absolute atomic E-state index is 0.196. The van der Waals surface area contributed by atoms with Crippen molar-refractivity contribution in [3.05, 3.63) is 96.0 Å². The molecule has 0 aliphatic carbocycles. The van der Waals surface area contributed by atoms with Crippen LogP contribution in [0, 0.1) is 11.6 Å². The van der Waals surface area contributed by atoms with E-state index in [0.717, 1.165) is 23.3 Å². The number of furan rings is 2. The van der Waals surface area contributed by atoms with Crippen LogP contribution in [-0.2, 0) is 19.3 Å². The minimum Gasteiger partial charge on any atom is -0.464 e. The van der Waals surface area contributed by atoms with E-state index in [1.807, 2.05) is 26.0 Å².